The van der Waals surface area contributed by atoms with E-state index in [4.69, 9.17) is 21.3 Å². The largest absolute Gasteiger partial charge is 0.444 e. The number of hydrogen-bond donors (Lipinski definition) is 1. The summed E-state index contributed by atoms with van der Waals surface area (Å²) in [6, 6.07) is 9.89. The fraction of sp³-hybridized carbons (Fsp3) is 0.440. The molecule has 2 aromatic rings. The molecule has 1 atom stereocenters. The van der Waals surface area contributed by atoms with Gasteiger partial charge in [0.1, 0.15) is 5.60 Å². The highest BCUT2D eigenvalue weighted by Crippen LogP contribution is 2.44. The number of aromatic nitrogens is 1. The van der Waals surface area contributed by atoms with Crippen molar-refractivity contribution in [3.63, 3.8) is 0 Å². The summed E-state index contributed by atoms with van der Waals surface area (Å²) in [5.41, 5.74) is 4.51. The summed E-state index contributed by atoms with van der Waals surface area (Å²) >= 11 is 6.32. The number of carbonyl (C=O) groups excluding carboxylic acids is 1. The number of fused-ring (bicyclic) bond motifs is 2. The smallest absolute Gasteiger partial charge is 0.410 e. The predicted octanol–water partition coefficient (Wildman–Crippen LogP) is 5.36. The van der Waals surface area contributed by atoms with E-state index in [1.54, 1.807) is 4.90 Å². The van der Waals surface area contributed by atoms with Gasteiger partial charge in [-0.25, -0.2) is 4.79 Å². The molecule has 0 saturated carbocycles. The van der Waals surface area contributed by atoms with Crippen LogP contribution in [0.1, 0.15) is 61.9 Å². The average molecular weight is 441 g/mol. The number of rotatable bonds is 2. The Morgan fingerprint density at radius 1 is 1.26 bits per heavy atom. The summed E-state index contributed by atoms with van der Waals surface area (Å²) in [6.45, 7) is 6.91. The fourth-order valence-corrected chi connectivity index (χ4v) is 4.82. The van der Waals surface area contributed by atoms with Crippen LogP contribution in [-0.4, -0.2) is 46.4 Å². The lowest BCUT2D eigenvalue weighted by Crippen LogP contribution is -2.42. The van der Waals surface area contributed by atoms with Crippen LogP contribution in [0.25, 0.3) is 11.6 Å². The molecule has 1 amide bonds. The topological polar surface area (TPSA) is 62.7 Å². The molecule has 0 bridgehead atoms. The summed E-state index contributed by atoms with van der Waals surface area (Å²) in [6.07, 6.45) is 5.32. The van der Waals surface area contributed by atoms with E-state index in [1.807, 2.05) is 57.3 Å². The number of pyridine rings is 1. The molecule has 1 aliphatic carbocycles. The average Bonchev–Trinajstić information content (AvgIpc) is 2.86. The lowest BCUT2D eigenvalue weighted by molar-refractivity contribution is 0.0178. The van der Waals surface area contributed by atoms with Crippen molar-refractivity contribution in [2.75, 3.05) is 19.7 Å². The van der Waals surface area contributed by atoms with Gasteiger partial charge in [-0.15, -0.1) is 0 Å². The number of halogens is 1. The van der Waals surface area contributed by atoms with Crippen molar-refractivity contribution >= 4 is 29.3 Å². The van der Waals surface area contributed by atoms with Crippen molar-refractivity contribution in [3.05, 3.63) is 63.9 Å². The second-order valence-corrected chi connectivity index (χ2v) is 9.76. The van der Waals surface area contributed by atoms with Crippen LogP contribution in [0.3, 0.4) is 0 Å². The number of carbonyl (C=O) groups is 1. The van der Waals surface area contributed by atoms with E-state index in [2.05, 4.69) is 6.07 Å². The number of aliphatic hydroxyl groups is 1. The van der Waals surface area contributed by atoms with Crippen molar-refractivity contribution in [2.24, 2.45) is 5.92 Å². The first-order valence-electron chi connectivity index (χ1n) is 10.8. The lowest BCUT2D eigenvalue weighted by atomic mass is 9.76. The summed E-state index contributed by atoms with van der Waals surface area (Å²) in [7, 11) is 0. The van der Waals surface area contributed by atoms with E-state index in [9.17, 15) is 9.90 Å². The van der Waals surface area contributed by atoms with Crippen LogP contribution >= 0.6 is 11.6 Å². The number of piperidine rings is 1. The zero-order chi connectivity index (χ0) is 22.2. The Morgan fingerprint density at radius 3 is 2.68 bits per heavy atom. The Balaban J connectivity index is 1.66. The minimum atomic E-state index is -0.497. The zero-order valence-electron chi connectivity index (χ0n) is 18.3. The molecule has 1 N–H and O–H groups in total. The van der Waals surface area contributed by atoms with Gasteiger partial charge in [0, 0.05) is 30.2 Å². The Hall–Kier alpha value is -2.37. The SMILES string of the molecule is CC(C)(C)OC(=O)N1CCC(C2c3ccc(Cl)cc3C(CO)=Cc3cccnc32)CC1. The molecule has 5 nitrogen and oxygen atoms in total. The Kier molecular flexibility index (Phi) is 6.09. The molecule has 2 aliphatic rings. The van der Waals surface area contributed by atoms with E-state index in [0.717, 1.165) is 40.8 Å². The van der Waals surface area contributed by atoms with Crippen LogP contribution in [-0.2, 0) is 4.74 Å². The highest BCUT2D eigenvalue weighted by atomic mass is 35.5. The van der Waals surface area contributed by atoms with Gasteiger partial charge < -0.3 is 14.7 Å². The Labute approximate surface area is 188 Å². The molecule has 1 aliphatic heterocycles. The first kappa shape index (κ1) is 21.8. The predicted molar refractivity (Wildman–Crippen MR) is 123 cm³/mol. The van der Waals surface area contributed by atoms with E-state index in [1.165, 1.54) is 0 Å². The molecule has 0 radical (unpaired) electrons. The second-order valence-electron chi connectivity index (χ2n) is 9.32. The van der Waals surface area contributed by atoms with Crippen molar-refractivity contribution in [2.45, 2.75) is 45.1 Å². The maximum Gasteiger partial charge on any atom is 0.410 e. The molecule has 1 saturated heterocycles. The molecule has 1 fully saturated rings. The van der Waals surface area contributed by atoms with Crippen molar-refractivity contribution in [1.82, 2.24) is 9.88 Å². The van der Waals surface area contributed by atoms with Gasteiger partial charge in [-0.05, 0) is 86.1 Å². The number of nitrogens with zero attached hydrogens (tertiary/aromatic N) is 2. The van der Waals surface area contributed by atoms with E-state index < -0.39 is 5.60 Å². The Morgan fingerprint density at radius 2 is 2.00 bits per heavy atom. The third-order valence-corrected chi connectivity index (χ3v) is 6.26. The maximum absolute atomic E-state index is 12.5. The molecular weight excluding hydrogens is 412 g/mol. The highest BCUT2D eigenvalue weighted by Gasteiger charge is 2.36. The minimum absolute atomic E-state index is 0.0640. The normalized spacial score (nSPS) is 19.2. The second kappa shape index (κ2) is 8.64. The van der Waals surface area contributed by atoms with Crippen molar-refractivity contribution in [1.29, 1.82) is 0 Å². The third-order valence-electron chi connectivity index (χ3n) is 6.02. The monoisotopic (exact) mass is 440 g/mol. The minimum Gasteiger partial charge on any atom is -0.444 e. The maximum atomic E-state index is 12.5. The zero-order valence-corrected chi connectivity index (χ0v) is 19.0. The van der Waals surface area contributed by atoms with Crippen LogP contribution in [0.15, 0.2) is 36.5 Å². The van der Waals surface area contributed by atoms with Crippen LogP contribution in [0.4, 0.5) is 4.79 Å². The lowest BCUT2D eigenvalue weighted by Gasteiger charge is -2.37. The molecule has 31 heavy (non-hydrogen) atoms. The summed E-state index contributed by atoms with van der Waals surface area (Å²) in [4.78, 5) is 19.1. The summed E-state index contributed by atoms with van der Waals surface area (Å²) in [5.74, 6) is 0.392. The number of benzene rings is 1. The van der Waals surface area contributed by atoms with E-state index >= 15 is 0 Å². The van der Waals surface area contributed by atoms with Gasteiger partial charge in [0.25, 0.3) is 0 Å². The van der Waals surface area contributed by atoms with E-state index in [0.29, 0.717) is 24.0 Å². The summed E-state index contributed by atoms with van der Waals surface area (Å²) in [5, 5.41) is 10.7. The van der Waals surface area contributed by atoms with Gasteiger partial charge in [0.15, 0.2) is 0 Å². The fourth-order valence-electron chi connectivity index (χ4n) is 4.65. The van der Waals surface area contributed by atoms with Crippen LogP contribution in [0.2, 0.25) is 5.02 Å². The molecule has 4 rings (SSSR count). The van der Waals surface area contributed by atoms with Gasteiger partial charge in [0.05, 0.1) is 12.3 Å². The Bertz CT molecular complexity index is 1000. The number of likely N-dealkylation sites (tertiary alicyclic amines) is 1. The van der Waals surface area contributed by atoms with Gasteiger partial charge in [-0.1, -0.05) is 23.7 Å². The third kappa shape index (κ3) is 4.63. The molecule has 6 heteroatoms. The first-order valence-corrected chi connectivity index (χ1v) is 11.2. The molecule has 0 spiro atoms. The summed E-state index contributed by atoms with van der Waals surface area (Å²) < 4.78 is 5.56. The molecule has 1 unspecified atom stereocenters. The van der Waals surface area contributed by atoms with Gasteiger partial charge in [-0.2, -0.15) is 0 Å². The number of amides is 1. The molecule has 1 aromatic carbocycles. The van der Waals surface area contributed by atoms with Gasteiger partial charge in [-0.3, -0.25) is 4.98 Å². The number of hydrogen-bond acceptors (Lipinski definition) is 4. The number of ether oxygens (including phenoxy) is 1. The van der Waals surface area contributed by atoms with Crippen LogP contribution < -0.4 is 0 Å². The molecule has 1 aromatic heterocycles. The quantitative estimate of drug-likeness (QED) is 0.682. The van der Waals surface area contributed by atoms with E-state index in [-0.39, 0.29) is 18.6 Å². The highest BCUT2D eigenvalue weighted by molar-refractivity contribution is 6.30. The van der Waals surface area contributed by atoms with Gasteiger partial charge in [0.2, 0.25) is 0 Å². The van der Waals surface area contributed by atoms with Crippen LogP contribution in [0, 0.1) is 5.92 Å². The molecule has 164 valence electrons. The van der Waals surface area contributed by atoms with Crippen molar-refractivity contribution < 1.29 is 14.6 Å². The standard InChI is InChI=1S/C25H29ClN2O3/c1-25(2,3)31-24(30)28-11-8-16(9-12-28)22-20-7-6-19(26)14-21(20)18(15-29)13-17-5-4-10-27-23(17)22/h4-7,10,13-14,16,22,29H,8-9,11-12,15H2,1-3H3. The number of aliphatic hydroxyl groups excluding tert-OH is 1. The van der Waals surface area contributed by atoms with Gasteiger partial charge >= 0.3 is 6.09 Å². The first-order chi connectivity index (χ1) is 14.8. The van der Waals surface area contributed by atoms with Crippen LogP contribution in [0.5, 0.6) is 0 Å². The molecule has 2 heterocycles. The van der Waals surface area contributed by atoms with Crippen molar-refractivity contribution in [3.8, 4) is 0 Å². The molecular formula is C25H29ClN2O3.